The molecule has 0 amide bonds. The third kappa shape index (κ3) is 10.2. The molecule has 0 bridgehead atoms. The van der Waals surface area contributed by atoms with Gasteiger partial charge in [-0.15, -0.1) is 0 Å². The van der Waals surface area contributed by atoms with E-state index in [9.17, 15) is 13.2 Å². The summed E-state index contributed by atoms with van der Waals surface area (Å²) in [7, 11) is -3.68. The molecule has 0 unspecified atom stereocenters. The van der Waals surface area contributed by atoms with E-state index in [1.165, 1.54) is 0 Å². The van der Waals surface area contributed by atoms with Gasteiger partial charge >= 0.3 is 5.97 Å². The highest BCUT2D eigenvalue weighted by atomic mass is 32.2. The normalized spacial score (nSPS) is 11.7. The minimum Gasteiger partial charge on any atom is -0.492 e. The molecular formula is C27H36N6O5S. The lowest BCUT2D eigenvalue weighted by atomic mass is 10.1. The lowest BCUT2D eigenvalue weighted by Crippen LogP contribution is -2.40. The number of hydrogen-bond donors (Lipinski definition) is 5. The third-order valence-corrected chi connectivity index (χ3v) is 6.98. The maximum atomic E-state index is 12.7. The fourth-order valence-corrected chi connectivity index (χ4v) is 4.93. The maximum absolute atomic E-state index is 12.7. The van der Waals surface area contributed by atoms with E-state index < -0.39 is 21.5 Å². The Bertz CT molecular complexity index is 1360. The molecule has 0 aliphatic heterocycles. The number of hydrogen-bond acceptors (Lipinski definition) is 9. The average molecular weight is 557 g/mol. The van der Waals surface area contributed by atoms with Crippen molar-refractivity contribution < 1.29 is 23.1 Å². The van der Waals surface area contributed by atoms with Crippen molar-refractivity contribution in [2.45, 2.75) is 51.0 Å². The topological polar surface area (TPSA) is 155 Å². The van der Waals surface area contributed by atoms with Gasteiger partial charge in [0.05, 0.1) is 4.90 Å². The third-order valence-electron chi connectivity index (χ3n) is 5.22. The zero-order chi connectivity index (χ0) is 28.5. The number of nitrogens with zero attached hydrogens (tertiary/aromatic N) is 2. The molecule has 0 radical (unpaired) electrons. The molecule has 3 rings (SSSR count). The number of carbonyl (C=O) groups is 1. The number of aromatic nitrogens is 2. The van der Waals surface area contributed by atoms with Crippen LogP contribution in [0.15, 0.2) is 59.6 Å². The lowest BCUT2D eigenvalue weighted by molar-refractivity contribution is -0.137. The second-order valence-corrected chi connectivity index (χ2v) is 11.7. The van der Waals surface area contributed by atoms with Crippen LogP contribution in [-0.2, 0) is 14.8 Å². The highest BCUT2D eigenvalue weighted by Crippen LogP contribution is 2.24. The minimum absolute atomic E-state index is 0.150. The minimum atomic E-state index is -3.68. The number of carboxylic acids is 1. The SMILES string of the molecule is Cc1cnc(Nc2ccc(OCCNCCCC(=O)O)cc2)nc1Nc1cccc(S(=O)(=O)NC(C)(C)C)c1. The largest absolute Gasteiger partial charge is 0.492 e. The Morgan fingerprint density at radius 2 is 1.77 bits per heavy atom. The molecule has 0 fully saturated rings. The van der Waals surface area contributed by atoms with Crippen molar-refractivity contribution in [3.8, 4) is 5.75 Å². The molecule has 12 heteroatoms. The molecule has 0 atom stereocenters. The van der Waals surface area contributed by atoms with Crippen LogP contribution in [0.4, 0.5) is 23.1 Å². The molecule has 3 aromatic rings. The summed E-state index contributed by atoms with van der Waals surface area (Å²) < 4.78 is 33.8. The number of nitrogens with one attached hydrogen (secondary N) is 4. The second kappa shape index (κ2) is 13.4. The van der Waals surface area contributed by atoms with E-state index in [1.54, 1.807) is 51.2 Å². The average Bonchev–Trinajstić information content (AvgIpc) is 2.85. The number of ether oxygens (including phenoxy) is 1. The van der Waals surface area contributed by atoms with E-state index >= 15 is 0 Å². The summed E-state index contributed by atoms with van der Waals surface area (Å²) in [5, 5.41) is 18.1. The van der Waals surface area contributed by atoms with Gasteiger partial charge in [-0.3, -0.25) is 4.79 Å². The van der Waals surface area contributed by atoms with Gasteiger partial charge in [-0.25, -0.2) is 18.1 Å². The first kappa shape index (κ1) is 29.8. The molecule has 0 spiro atoms. The standard InChI is InChI=1S/C27H36N6O5S/c1-19-18-29-26(31-20-10-12-22(13-11-20)38-16-15-28-14-6-9-24(34)35)32-25(19)30-21-7-5-8-23(17-21)39(36,37)33-27(2,3)4/h5,7-8,10-13,17-18,28,33H,6,9,14-16H2,1-4H3,(H,34,35)(H2,29,30,31,32). The Morgan fingerprint density at radius 3 is 2.46 bits per heavy atom. The molecule has 0 saturated heterocycles. The van der Waals surface area contributed by atoms with Crippen molar-refractivity contribution in [2.24, 2.45) is 0 Å². The molecule has 11 nitrogen and oxygen atoms in total. The number of sulfonamides is 1. The van der Waals surface area contributed by atoms with E-state index in [0.717, 1.165) is 11.3 Å². The van der Waals surface area contributed by atoms with Gasteiger partial charge in [0.15, 0.2) is 0 Å². The maximum Gasteiger partial charge on any atom is 0.303 e. The first-order chi connectivity index (χ1) is 18.4. The molecule has 0 saturated carbocycles. The highest BCUT2D eigenvalue weighted by Gasteiger charge is 2.22. The number of anilines is 4. The molecule has 0 aliphatic rings. The Kier molecular flexibility index (Phi) is 10.2. The molecule has 2 aromatic carbocycles. The van der Waals surface area contributed by atoms with E-state index in [4.69, 9.17) is 9.84 Å². The van der Waals surface area contributed by atoms with Gasteiger partial charge in [-0.1, -0.05) is 6.07 Å². The quantitative estimate of drug-likeness (QED) is 0.183. The van der Waals surface area contributed by atoms with Gasteiger partial charge in [0.25, 0.3) is 0 Å². The fraction of sp³-hybridized carbons (Fsp3) is 0.370. The van der Waals surface area contributed by atoms with Crippen molar-refractivity contribution >= 4 is 39.1 Å². The fourth-order valence-electron chi connectivity index (χ4n) is 3.46. The number of benzene rings is 2. The zero-order valence-electron chi connectivity index (χ0n) is 22.6. The van der Waals surface area contributed by atoms with Crippen LogP contribution in [0.1, 0.15) is 39.2 Å². The Labute approximate surface area is 229 Å². The van der Waals surface area contributed by atoms with Gasteiger partial charge < -0.3 is 25.8 Å². The molecule has 5 N–H and O–H groups in total. The van der Waals surface area contributed by atoms with Gasteiger partial charge in [-0.05, 0) is 83.1 Å². The molecule has 0 aliphatic carbocycles. The van der Waals surface area contributed by atoms with Crippen LogP contribution in [0.3, 0.4) is 0 Å². The van der Waals surface area contributed by atoms with Crippen LogP contribution in [0, 0.1) is 6.92 Å². The summed E-state index contributed by atoms with van der Waals surface area (Å²) in [4.78, 5) is 19.6. The van der Waals surface area contributed by atoms with Crippen LogP contribution < -0.4 is 25.4 Å². The van der Waals surface area contributed by atoms with E-state index in [-0.39, 0.29) is 11.3 Å². The van der Waals surface area contributed by atoms with Crippen molar-refractivity contribution in [3.63, 3.8) is 0 Å². The first-order valence-corrected chi connectivity index (χ1v) is 14.1. The molecule has 1 aromatic heterocycles. The number of rotatable bonds is 14. The Balaban J connectivity index is 1.58. The van der Waals surface area contributed by atoms with Crippen LogP contribution in [0.25, 0.3) is 0 Å². The summed E-state index contributed by atoms with van der Waals surface area (Å²) in [5.74, 6) is 0.829. The monoisotopic (exact) mass is 556 g/mol. The summed E-state index contributed by atoms with van der Waals surface area (Å²) >= 11 is 0. The summed E-state index contributed by atoms with van der Waals surface area (Å²) in [6, 6.07) is 13.9. The van der Waals surface area contributed by atoms with Crippen molar-refractivity contribution in [1.82, 2.24) is 20.0 Å². The molecule has 39 heavy (non-hydrogen) atoms. The van der Waals surface area contributed by atoms with Crippen LogP contribution in [-0.4, -0.2) is 54.7 Å². The number of aliphatic carboxylic acids is 1. The van der Waals surface area contributed by atoms with E-state index in [1.807, 2.05) is 31.2 Å². The summed E-state index contributed by atoms with van der Waals surface area (Å²) in [6.07, 6.45) is 2.41. The lowest BCUT2D eigenvalue weighted by Gasteiger charge is -2.20. The van der Waals surface area contributed by atoms with Gasteiger partial charge in [0.2, 0.25) is 16.0 Å². The van der Waals surface area contributed by atoms with Crippen molar-refractivity contribution in [2.75, 3.05) is 30.3 Å². The van der Waals surface area contributed by atoms with Crippen molar-refractivity contribution in [1.29, 1.82) is 0 Å². The Hall–Kier alpha value is -3.74. The van der Waals surface area contributed by atoms with Crippen molar-refractivity contribution in [3.05, 3.63) is 60.3 Å². The number of aryl methyl sites for hydroxylation is 1. The van der Waals surface area contributed by atoms with Crippen LogP contribution >= 0.6 is 0 Å². The smallest absolute Gasteiger partial charge is 0.303 e. The predicted molar refractivity (Wildman–Crippen MR) is 152 cm³/mol. The van der Waals surface area contributed by atoms with Gasteiger partial charge in [0, 0.05) is 41.6 Å². The summed E-state index contributed by atoms with van der Waals surface area (Å²) in [5.41, 5.74) is 1.54. The van der Waals surface area contributed by atoms with Crippen LogP contribution in [0.5, 0.6) is 5.75 Å². The van der Waals surface area contributed by atoms with E-state index in [2.05, 4.69) is 30.6 Å². The second-order valence-electron chi connectivity index (χ2n) is 9.98. The zero-order valence-corrected chi connectivity index (χ0v) is 23.4. The summed E-state index contributed by atoms with van der Waals surface area (Å²) in [6.45, 7) is 8.95. The highest BCUT2D eigenvalue weighted by molar-refractivity contribution is 7.89. The van der Waals surface area contributed by atoms with Crippen LogP contribution in [0.2, 0.25) is 0 Å². The Morgan fingerprint density at radius 1 is 1.03 bits per heavy atom. The van der Waals surface area contributed by atoms with E-state index in [0.29, 0.717) is 49.3 Å². The molecule has 1 heterocycles. The predicted octanol–water partition coefficient (Wildman–Crippen LogP) is 4.18. The van der Waals surface area contributed by atoms with Gasteiger partial charge in [-0.2, -0.15) is 4.98 Å². The molecular weight excluding hydrogens is 520 g/mol. The molecule has 210 valence electrons. The first-order valence-electron chi connectivity index (χ1n) is 12.6. The number of carboxylic acid groups (broad SMARTS) is 1. The van der Waals surface area contributed by atoms with Gasteiger partial charge in [0.1, 0.15) is 18.2 Å².